The molecule has 0 radical (unpaired) electrons. The van der Waals surface area contributed by atoms with E-state index in [0.717, 1.165) is 56.0 Å². The number of carbonyl (C=O) groups excluding carboxylic acids is 1. The lowest BCUT2D eigenvalue weighted by atomic mass is 10.0. The first-order valence-electron chi connectivity index (χ1n) is 13.2. The van der Waals surface area contributed by atoms with E-state index in [1.165, 1.54) is 29.0 Å². The van der Waals surface area contributed by atoms with Gasteiger partial charge in [0.1, 0.15) is 11.6 Å². The van der Waals surface area contributed by atoms with Gasteiger partial charge in [0.05, 0.1) is 30.7 Å². The van der Waals surface area contributed by atoms with Gasteiger partial charge in [-0.25, -0.2) is 9.07 Å². The van der Waals surface area contributed by atoms with E-state index in [4.69, 9.17) is 9.84 Å². The Labute approximate surface area is 222 Å². The van der Waals surface area contributed by atoms with Gasteiger partial charge in [-0.3, -0.25) is 9.69 Å². The predicted octanol–water partition coefficient (Wildman–Crippen LogP) is 5.38. The van der Waals surface area contributed by atoms with Gasteiger partial charge < -0.3 is 9.64 Å². The van der Waals surface area contributed by atoms with Crippen LogP contribution in [0.5, 0.6) is 5.75 Å². The maximum absolute atomic E-state index is 13.5. The van der Waals surface area contributed by atoms with E-state index in [1.807, 2.05) is 35.2 Å². The fourth-order valence-electron chi connectivity index (χ4n) is 5.25. The zero-order valence-electron chi connectivity index (χ0n) is 21.5. The number of nitrogens with zero attached hydrogens (tertiary/aromatic N) is 4. The van der Waals surface area contributed by atoms with Crippen molar-refractivity contribution < 1.29 is 13.9 Å². The Balaban J connectivity index is 1.31. The molecule has 0 unspecified atom stereocenters. The van der Waals surface area contributed by atoms with Crippen molar-refractivity contribution in [2.75, 3.05) is 13.7 Å². The van der Waals surface area contributed by atoms with Crippen LogP contribution in [0, 0.1) is 5.82 Å². The first-order valence-corrected chi connectivity index (χ1v) is 13.2. The second-order valence-electron chi connectivity index (χ2n) is 10.1. The summed E-state index contributed by atoms with van der Waals surface area (Å²) in [7, 11) is 1.68. The normalized spacial score (nSPS) is 15.2. The molecule has 1 fully saturated rings. The molecule has 1 saturated carbocycles. The lowest BCUT2D eigenvalue weighted by Gasteiger charge is -2.29. The second-order valence-corrected chi connectivity index (χ2v) is 10.1. The third-order valence-electron chi connectivity index (χ3n) is 7.45. The molecule has 3 aromatic carbocycles. The number of para-hydroxylation sites is 1. The number of amides is 1. The highest BCUT2D eigenvalue weighted by Crippen LogP contribution is 2.33. The molecular formula is C31H31FN4O2. The molecule has 0 bridgehead atoms. The monoisotopic (exact) mass is 510 g/mol. The van der Waals surface area contributed by atoms with E-state index < -0.39 is 0 Å². The smallest absolute Gasteiger partial charge is 0.254 e. The average Bonchev–Trinajstić information content (AvgIpc) is 3.74. The molecule has 194 valence electrons. The predicted molar refractivity (Wildman–Crippen MR) is 144 cm³/mol. The molecular weight excluding hydrogens is 479 g/mol. The largest absolute Gasteiger partial charge is 0.497 e. The van der Waals surface area contributed by atoms with Crippen LogP contribution >= 0.6 is 0 Å². The Morgan fingerprint density at radius 2 is 1.76 bits per heavy atom. The number of methoxy groups -OCH3 is 1. The molecule has 7 heteroatoms. The standard InChI is InChI=1S/C31H31FN4O2/c1-38-27-15-7-22(8-16-27)19-34-18-17-30-28(20-34)29(33-36(30)26-5-3-2-4-6-26)21-35(25-13-14-25)31(37)23-9-11-24(32)12-10-23/h2-12,15-16,25H,13-14,17-21H2,1H3. The molecule has 1 aliphatic heterocycles. The summed E-state index contributed by atoms with van der Waals surface area (Å²) >= 11 is 0. The van der Waals surface area contributed by atoms with Crippen LogP contribution in [0.2, 0.25) is 0 Å². The van der Waals surface area contributed by atoms with Crippen LogP contribution < -0.4 is 4.74 Å². The van der Waals surface area contributed by atoms with Gasteiger partial charge >= 0.3 is 0 Å². The Morgan fingerprint density at radius 3 is 2.45 bits per heavy atom. The number of aromatic nitrogens is 2. The molecule has 2 heterocycles. The zero-order chi connectivity index (χ0) is 26.1. The molecule has 0 saturated heterocycles. The van der Waals surface area contributed by atoms with Gasteiger partial charge in [0, 0.05) is 43.2 Å². The summed E-state index contributed by atoms with van der Waals surface area (Å²) in [4.78, 5) is 17.9. The summed E-state index contributed by atoms with van der Waals surface area (Å²) in [5.74, 6) is 0.445. The van der Waals surface area contributed by atoms with Crippen LogP contribution in [0.3, 0.4) is 0 Å². The molecule has 4 aromatic rings. The Bertz CT molecular complexity index is 1410. The minimum atomic E-state index is -0.341. The van der Waals surface area contributed by atoms with Gasteiger partial charge in [0.25, 0.3) is 5.91 Å². The molecule has 1 aliphatic carbocycles. The van der Waals surface area contributed by atoms with E-state index in [0.29, 0.717) is 12.1 Å². The number of hydrogen-bond donors (Lipinski definition) is 0. The SMILES string of the molecule is COc1ccc(CN2CCc3c(c(CN(C(=O)c4ccc(F)cc4)C4CC4)nn3-c3ccccc3)C2)cc1. The molecule has 0 N–H and O–H groups in total. The molecule has 1 aromatic heterocycles. The van der Waals surface area contributed by atoms with Crippen LogP contribution in [-0.4, -0.2) is 45.2 Å². The highest BCUT2D eigenvalue weighted by atomic mass is 19.1. The molecule has 0 atom stereocenters. The number of benzene rings is 3. The summed E-state index contributed by atoms with van der Waals surface area (Å²) in [5.41, 5.74) is 6.12. The first kappa shape index (κ1) is 24.4. The first-order chi connectivity index (χ1) is 18.6. The quantitative estimate of drug-likeness (QED) is 0.319. The van der Waals surface area contributed by atoms with Gasteiger partial charge in [-0.2, -0.15) is 5.10 Å². The summed E-state index contributed by atoms with van der Waals surface area (Å²) in [6, 6.07) is 24.5. The number of rotatable bonds is 8. The van der Waals surface area contributed by atoms with Crippen molar-refractivity contribution in [2.45, 2.75) is 44.9 Å². The second kappa shape index (κ2) is 10.4. The zero-order valence-corrected chi connectivity index (χ0v) is 21.5. The van der Waals surface area contributed by atoms with Crippen LogP contribution in [-0.2, 0) is 26.1 Å². The van der Waals surface area contributed by atoms with E-state index >= 15 is 0 Å². The van der Waals surface area contributed by atoms with Crippen molar-refractivity contribution in [2.24, 2.45) is 0 Å². The van der Waals surface area contributed by atoms with Gasteiger partial charge in [-0.1, -0.05) is 30.3 Å². The Morgan fingerprint density at radius 1 is 1.03 bits per heavy atom. The fourth-order valence-corrected chi connectivity index (χ4v) is 5.25. The molecule has 6 nitrogen and oxygen atoms in total. The van der Waals surface area contributed by atoms with Crippen LogP contribution in [0.25, 0.3) is 5.69 Å². The van der Waals surface area contributed by atoms with Crippen molar-refractivity contribution in [3.63, 3.8) is 0 Å². The van der Waals surface area contributed by atoms with Crippen LogP contribution in [0.4, 0.5) is 4.39 Å². The van der Waals surface area contributed by atoms with Crippen molar-refractivity contribution in [3.8, 4) is 11.4 Å². The summed E-state index contributed by atoms with van der Waals surface area (Å²) in [6.45, 7) is 2.98. The molecule has 2 aliphatic rings. The topological polar surface area (TPSA) is 50.6 Å². The van der Waals surface area contributed by atoms with E-state index in [2.05, 4.69) is 33.8 Å². The number of ether oxygens (including phenoxy) is 1. The molecule has 38 heavy (non-hydrogen) atoms. The fraction of sp³-hybridized carbons (Fsp3) is 0.290. The molecule has 6 rings (SSSR count). The third kappa shape index (κ3) is 5.07. The van der Waals surface area contributed by atoms with Gasteiger partial charge in [0.15, 0.2) is 0 Å². The van der Waals surface area contributed by atoms with E-state index in [-0.39, 0.29) is 17.8 Å². The highest BCUT2D eigenvalue weighted by molar-refractivity contribution is 5.94. The van der Waals surface area contributed by atoms with E-state index in [9.17, 15) is 9.18 Å². The minimum Gasteiger partial charge on any atom is -0.497 e. The lowest BCUT2D eigenvalue weighted by molar-refractivity contribution is 0.0726. The maximum atomic E-state index is 13.5. The number of halogens is 1. The van der Waals surface area contributed by atoms with Crippen molar-refractivity contribution >= 4 is 5.91 Å². The van der Waals surface area contributed by atoms with Crippen LogP contribution in [0.15, 0.2) is 78.9 Å². The third-order valence-corrected chi connectivity index (χ3v) is 7.45. The number of carbonyl (C=O) groups is 1. The maximum Gasteiger partial charge on any atom is 0.254 e. The van der Waals surface area contributed by atoms with Crippen LogP contribution in [0.1, 0.15) is 45.7 Å². The van der Waals surface area contributed by atoms with Gasteiger partial charge in [-0.05, 0) is 66.9 Å². The number of hydrogen-bond acceptors (Lipinski definition) is 4. The van der Waals surface area contributed by atoms with Crippen molar-refractivity contribution in [3.05, 3.63) is 113 Å². The van der Waals surface area contributed by atoms with Gasteiger partial charge in [-0.15, -0.1) is 0 Å². The van der Waals surface area contributed by atoms with Crippen molar-refractivity contribution in [1.82, 2.24) is 19.6 Å². The lowest BCUT2D eigenvalue weighted by Crippen LogP contribution is -2.34. The molecule has 0 spiro atoms. The van der Waals surface area contributed by atoms with Gasteiger partial charge in [0.2, 0.25) is 0 Å². The summed E-state index contributed by atoms with van der Waals surface area (Å²) in [6.07, 6.45) is 2.85. The highest BCUT2D eigenvalue weighted by Gasteiger charge is 2.35. The Kier molecular flexibility index (Phi) is 6.68. The molecule has 1 amide bonds. The number of fused-ring (bicyclic) bond motifs is 1. The summed E-state index contributed by atoms with van der Waals surface area (Å²) < 4.78 is 20.9. The summed E-state index contributed by atoms with van der Waals surface area (Å²) in [5, 5.41) is 5.09. The van der Waals surface area contributed by atoms with Crippen molar-refractivity contribution in [1.29, 1.82) is 0 Å². The van der Waals surface area contributed by atoms with E-state index in [1.54, 1.807) is 19.2 Å². The Hall–Kier alpha value is -3.97. The average molecular weight is 511 g/mol. The minimum absolute atomic E-state index is 0.0681.